The van der Waals surface area contributed by atoms with Crippen LogP contribution in [0.1, 0.15) is 0 Å². The average molecular weight is 464 g/mol. The molecule has 0 radical (unpaired) electrons. The lowest BCUT2D eigenvalue weighted by molar-refractivity contribution is -0.451. The summed E-state index contributed by atoms with van der Waals surface area (Å²) < 4.78 is 200. The highest BCUT2D eigenvalue weighted by Crippen LogP contribution is 2.63. The van der Waals surface area contributed by atoms with Crippen molar-refractivity contribution in [1.82, 2.24) is 0 Å². The van der Waals surface area contributed by atoms with E-state index in [0.29, 0.717) is 0 Å². The monoisotopic (exact) mass is 464 g/mol. The molecule has 0 rings (SSSR count). The fourth-order valence-corrected chi connectivity index (χ4v) is 2.07. The minimum Gasteiger partial charge on any atom is -0.324 e. The highest BCUT2D eigenvalue weighted by Gasteiger charge is 2.93. The van der Waals surface area contributed by atoms with E-state index < -0.39 is 55.5 Å². The van der Waals surface area contributed by atoms with Crippen LogP contribution in [0.2, 0.25) is 0 Å². The smallest absolute Gasteiger partial charge is 0.324 e. The summed E-state index contributed by atoms with van der Waals surface area (Å²) in [6.07, 6.45) is -11.4. The maximum atomic E-state index is 13.1. The van der Waals surface area contributed by atoms with E-state index in [1.54, 1.807) is 0 Å². The van der Waals surface area contributed by atoms with Gasteiger partial charge >= 0.3 is 49.3 Å². The molecule has 0 amide bonds. The normalized spacial score (nSPS) is 16.6. The van der Waals surface area contributed by atoms with Gasteiger partial charge in [-0.1, -0.05) is 0 Å². The molecule has 0 saturated heterocycles. The summed E-state index contributed by atoms with van der Waals surface area (Å²) in [4.78, 5) is 16.1. The SMILES string of the molecule is O=P(O)(O)CC(F)(F)C(F)(F)C(F)(F)C(F)(F)C(F)(F)C(F)(F)C(F)(F)F. The van der Waals surface area contributed by atoms with Gasteiger partial charge in [0.05, 0.1) is 0 Å². The van der Waals surface area contributed by atoms with Gasteiger partial charge in [-0.3, -0.25) is 4.57 Å². The number of hydrogen-bond donors (Lipinski definition) is 2. The lowest BCUT2D eigenvalue weighted by Crippen LogP contribution is -2.72. The Hall–Kier alpha value is -0.900. The first-order valence-corrected chi connectivity index (χ1v) is 7.38. The van der Waals surface area contributed by atoms with Gasteiger partial charge in [-0.25, -0.2) is 0 Å². The van der Waals surface area contributed by atoms with E-state index in [-0.39, 0.29) is 0 Å². The topological polar surface area (TPSA) is 57.5 Å². The zero-order valence-electron chi connectivity index (χ0n) is 11.6. The zero-order valence-corrected chi connectivity index (χ0v) is 12.5. The molecule has 0 aliphatic rings. The first-order chi connectivity index (χ1) is 11.2. The van der Waals surface area contributed by atoms with Gasteiger partial charge < -0.3 is 9.79 Å². The van der Waals surface area contributed by atoms with E-state index in [0.717, 1.165) is 0 Å². The third-order valence-electron chi connectivity index (χ3n) is 2.80. The van der Waals surface area contributed by atoms with Gasteiger partial charge in [0.1, 0.15) is 6.16 Å². The second-order valence-electron chi connectivity index (χ2n) is 4.90. The Labute approximate surface area is 137 Å². The van der Waals surface area contributed by atoms with Crippen molar-refractivity contribution < 1.29 is 80.2 Å². The predicted molar refractivity (Wildman–Crippen MR) is 52.6 cm³/mol. The predicted octanol–water partition coefficient (Wildman–Crippen LogP) is 4.54. The number of halogens is 15. The Morgan fingerprint density at radius 2 is 0.778 bits per heavy atom. The summed E-state index contributed by atoms with van der Waals surface area (Å²) in [6, 6.07) is 0. The molecule has 0 aliphatic heterocycles. The van der Waals surface area contributed by atoms with Gasteiger partial charge in [-0.15, -0.1) is 0 Å². The molecule has 0 aromatic carbocycles. The molecule has 0 spiro atoms. The maximum absolute atomic E-state index is 13.1. The fraction of sp³-hybridized carbons (Fsp3) is 1.00. The Morgan fingerprint density at radius 1 is 0.519 bits per heavy atom. The molecule has 0 aromatic heterocycles. The average Bonchev–Trinajstić information content (AvgIpc) is 2.33. The Balaban J connectivity index is 6.51. The van der Waals surface area contributed by atoms with Crippen molar-refractivity contribution >= 4 is 7.60 Å². The largest absolute Gasteiger partial charge is 0.460 e. The molecule has 19 heteroatoms. The van der Waals surface area contributed by atoms with Crippen LogP contribution >= 0.6 is 7.60 Å². The molecule has 27 heavy (non-hydrogen) atoms. The van der Waals surface area contributed by atoms with E-state index in [9.17, 15) is 70.4 Å². The van der Waals surface area contributed by atoms with Crippen LogP contribution < -0.4 is 0 Å². The van der Waals surface area contributed by atoms with Crippen LogP contribution in [-0.4, -0.2) is 57.7 Å². The molecule has 0 bridgehead atoms. The fourth-order valence-electron chi connectivity index (χ4n) is 1.36. The summed E-state index contributed by atoms with van der Waals surface area (Å²) in [7, 11) is -6.43. The van der Waals surface area contributed by atoms with Gasteiger partial charge in [-0.2, -0.15) is 65.9 Å². The van der Waals surface area contributed by atoms with Crippen LogP contribution in [-0.2, 0) is 4.57 Å². The molecule has 0 aliphatic carbocycles. The van der Waals surface area contributed by atoms with E-state index in [2.05, 4.69) is 0 Å². The van der Waals surface area contributed by atoms with Crippen molar-refractivity contribution in [2.75, 3.05) is 6.16 Å². The molecule has 3 nitrogen and oxygen atoms in total. The molecule has 0 fully saturated rings. The van der Waals surface area contributed by atoms with Crippen LogP contribution in [0.3, 0.4) is 0 Å². The van der Waals surface area contributed by atoms with Gasteiger partial charge in [0, 0.05) is 0 Å². The summed E-state index contributed by atoms with van der Waals surface area (Å²) in [6.45, 7) is 0. The van der Waals surface area contributed by atoms with E-state index in [1.165, 1.54) is 0 Å². The third kappa shape index (κ3) is 3.83. The van der Waals surface area contributed by atoms with Crippen LogP contribution in [0.5, 0.6) is 0 Å². The molecule has 0 heterocycles. The summed E-state index contributed by atoms with van der Waals surface area (Å²) in [5.74, 6) is -48.1. The van der Waals surface area contributed by atoms with Gasteiger partial charge in [-0.05, 0) is 0 Å². The van der Waals surface area contributed by atoms with Crippen molar-refractivity contribution in [2.24, 2.45) is 0 Å². The second kappa shape index (κ2) is 6.30. The Morgan fingerprint density at radius 3 is 1.04 bits per heavy atom. The number of alkyl halides is 15. The van der Waals surface area contributed by atoms with Crippen LogP contribution in [0.4, 0.5) is 65.9 Å². The van der Waals surface area contributed by atoms with Crippen molar-refractivity contribution in [3.8, 4) is 0 Å². The van der Waals surface area contributed by atoms with Crippen LogP contribution in [0, 0.1) is 0 Å². The minimum atomic E-state index is -8.47. The summed E-state index contributed by atoms with van der Waals surface area (Å²) in [5, 5.41) is 0. The van der Waals surface area contributed by atoms with Crippen molar-refractivity contribution in [1.29, 1.82) is 0 Å². The lowest BCUT2D eigenvalue weighted by Gasteiger charge is -2.41. The highest BCUT2D eigenvalue weighted by molar-refractivity contribution is 7.51. The summed E-state index contributed by atoms with van der Waals surface area (Å²) in [5.41, 5.74) is 0. The second-order valence-corrected chi connectivity index (χ2v) is 6.54. The molecule has 0 aromatic rings. The van der Waals surface area contributed by atoms with E-state index >= 15 is 0 Å². The Kier molecular flexibility index (Phi) is 6.09. The number of rotatable bonds is 7. The van der Waals surface area contributed by atoms with Gasteiger partial charge in [0.2, 0.25) is 0 Å². The summed E-state index contributed by atoms with van der Waals surface area (Å²) >= 11 is 0. The van der Waals surface area contributed by atoms with Crippen molar-refractivity contribution in [2.45, 2.75) is 41.7 Å². The molecular formula is C8H4F15O3P. The van der Waals surface area contributed by atoms with Crippen LogP contribution in [0.25, 0.3) is 0 Å². The minimum absolute atomic E-state index is 3.65. The molecular weight excluding hydrogens is 460 g/mol. The highest BCUT2D eigenvalue weighted by atomic mass is 31.2. The van der Waals surface area contributed by atoms with E-state index in [4.69, 9.17) is 9.79 Å². The Bertz CT molecular complexity index is 603. The first-order valence-electron chi connectivity index (χ1n) is 5.59. The van der Waals surface area contributed by atoms with Crippen LogP contribution in [0.15, 0.2) is 0 Å². The van der Waals surface area contributed by atoms with Crippen molar-refractivity contribution in [3.63, 3.8) is 0 Å². The molecule has 164 valence electrons. The third-order valence-corrected chi connectivity index (χ3v) is 3.61. The number of hydrogen-bond acceptors (Lipinski definition) is 1. The lowest BCUT2D eigenvalue weighted by atomic mass is 9.91. The molecule has 0 atom stereocenters. The quantitative estimate of drug-likeness (QED) is 0.430. The molecule has 0 unspecified atom stereocenters. The van der Waals surface area contributed by atoms with Crippen molar-refractivity contribution in [3.05, 3.63) is 0 Å². The van der Waals surface area contributed by atoms with Gasteiger partial charge in [0.15, 0.2) is 0 Å². The standard InChI is InChI=1S/C8H4F15O3P/c9-2(10,1-27(24,25)26)3(11,12)4(13,14)5(15,16)6(17,18)7(19,20)8(21,22)23/h1H2,(H2,24,25,26). The maximum Gasteiger partial charge on any atom is 0.460 e. The zero-order chi connectivity index (χ0) is 22.7. The molecule has 2 N–H and O–H groups in total. The van der Waals surface area contributed by atoms with E-state index in [1.807, 2.05) is 0 Å². The molecule has 0 saturated carbocycles. The van der Waals surface area contributed by atoms with Gasteiger partial charge in [0.25, 0.3) is 0 Å². The first kappa shape index (κ1) is 26.1.